The monoisotopic (exact) mass is 651 g/mol. The molecule has 0 aliphatic heterocycles. The molecule has 9 rings (SSSR count). The molecule has 0 unspecified atom stereocenters. The van der Waals surface area contributed by atoms with Gasteiger partial charge in [-0.1, -0.05) is 133 Å². The second-order valence-corrected chi connectivity index (χ2v) is 13.0. The van der Waals surface area contributed by atoms with Gasteiger partial charge in [0, 0.05) is 34.1 Å². The van der Waals surface area contributed by atoms with Crippen LogP contribution in [0.15, 0.2) is 182 Å². The van der Waals surface area contributed by atoms with E-state index in [1.54, 1.807) is 0 Å². The highest BCUT2D eigenvalue weighted by Crippen LogP contribution is 2.39. The Hall–Kier alpha value is -6.71. The quantitative estimate of drug-likeness (QED) is 0.168. The molecule has 0 aliphatic rings. The maximum absolute atomic E-state index is 5.24. The molecule has 2 heterocycles. The zero-order valence-electron chi connectivity index (χ0n) is 28.2. The first kappa shape index (κ1) is 30.4. The van der Waals surface area contributed by atoms with Gasteiger partial charge in [-0.15, -0.1) is 0 Å². The van der Waals surface area contributed by atoms with E-state index in [9.17, 15) is 0 Å². The molecule has 2 aromatic heterocycles. The standard InChI is InChI=1S/C48H33N3/c1-32-23-24-38(31-49-32)35-18-12-19-36(25-35)39-26-40(45-29-37-17-8-9-20-42(37)43-21-10-11-22-44(43)45)28-41(27-39)48-50-46(33-13-4-2-5-14-33)30-47(51-48)34-15-6-3-7-16-34/h2-31H,1H3. The third-order valence-corrected chi connectivity index (χ3v) is 9.58. The minimum Gasteiger partial charge on any atom is -0.261 e. The van der Waals surface area contributed by atoms with Gasteiger partial charge in [-0.2, -0.15) is 0 Å². The number of aryl methyl sites for hydroxylation is 1. The Balaban J connectivity index is 1.30. The third-order valence-electron chi connectivity index (χ3n) is 9.58. The molecule has 51 heavy (non-hydrogen) atoms. The van der Waals surface area contributed by atoms with Gasteiger partial charge in [0.2, 0.25) is 0 Å². The van der Waals surface area contributed by atoms with Crippen LogP contribution >= 0.6 is 0 Å². The fourth-order valence-electron chi connectivity index (χ4n) is 6.98. The maximum Gasteiger partial charge on any atom is 0.160 e. The molecular formula is C48H33N3. The molecule has 0 amide bonds. The second kappa shape index (κ2) is 13.0. The largest absolute Gasteiger partial charge is 0.261 e. The van der Waals surface area contributed by atoms with Gasteiger partial charge >= 0.3 is 0 Å². The second-order valence-electron chi connectivity index (χ2n) is 13.0. The summed E-state index contributed by atoms with van der Waals surface area (Å²) < 4.78 is 0. The van der Waals surface area contributed by atoms with Crippen LogP contribution in [0, 0.1) is 6.92 Å². The van der Waals surface area contributed by atoms with E-state index in [1.807, 2.05) is 25.3 Å². The van der Waals surface area contributed by atoms with Crippen molar-refractivity contribution in [2.24, 2.45) is 0 Å². The van der Waals surface area contributed by atoms with Crippen LogP contribution in [0.25, 0.3) is 88.8 Å². The lowest BCUT2D eigenvalue weighted by Gasteiger charge is -2.15. The normalized spacial score (nSPS) is 11.2. The van der Waals surface area contributed by atoms with Gasteiger partial charge in [0.05, 0.1) is 11.4 Å². The first-order valence-electron chi connectivity index (χ1n) is 17.3. The number of rotatable bonds is 6. The van der Waals surface area contributed by atoms with E-state index in [2.05, 4.69) is 169 Å². The Bertz CT molecular complexity index is 2620. The summed E-state index contributed by atoms with van der Waals surface area (Å²) in [7, 11) is 0. The number of fused-ring (bicyclic) bond motifs is 3. The molecule has 0 saturated heterocycles. The van der Waals surface area contributed by atoms with Crippen LogP contribution in [-0.4, -0.2) is 15.0 Å². The minimum absolute atomic E-state index is 0.683. The molecule has 0 saturated carbocycles. The van der Waals surface area contributed by atoms with E-state index >= 15 is 0 Å². The lowest BCUT2D eigenvalue weighted by atomic mass is 9.90. The zero-order chi connectivity index (χ0) is 34.1. The number of pyridine rings is 1. The summed E-state index contributed by atoms with van der Waals surface area (Å²) in [6, 6.07) is 62.2. The molecule has 0 N–H and O–H groups in total. The highest BCUT2D eigenvalue weighted by atomic mass is 14.9. The first-order valence-corrected chi connectivity index (χ1v) is 17.3. The van der Waals surface area contributed by atoms with Crippen molar-refractivity contribution in [2.75, 3.05) is 0 Å². The predicted octanol–water partition coefficient (Wildman–Crippen LogP) is 12.5. The summed E-state index contributed by atoms with van der Waals surface area (Å²) in [6.07, 6.45) is 1.95. The van der Waals surface area contributed by atoms with Crippen LogP contribution in [0.1, 0.15) is 5.69 Å². The summed E-state index contributed by atoms with van der Waals surface area (Å²) in [4.78, 5) is 15.0. The topological polar surface area (TPSA) is 38.7 Å². The maximum atomic E-state index is 5.24. The number of aromatic nitrogens is 3. The van der Waals surface area contributed by atoms with E-state index in [0.29, 0.717) is 5.82 Å². The Morgan fingerprint density at radius 2 is 0.902 bits per heavy atom. The van der Waals surface area contributed by atoms with Crippen molar-refractivity contribution in [2.45, 2.75) is 6.92 Å². The molecule has 3 nitrogen and oxygen atoms in total. The Morgan fingerprint density at radius 1 is 0.353 bits per heavy atom. The van der Waals surface area contributed by atoms with Gasteiger partial charge in [-0.05, 0) is 98.8 Å². The van der Waals surface area contributed by atoms with Crippen LogP contribution in [0.2, 0.25) is 0 Å². The van der Waals surface area contributed by atoms with Crippen molar-refractivity contribution >= 4 is 21.5 Å². The molecule has 0 aliphatic carbocycles. The molecule has 0 atom stereocenters. The summed E-state index contributed by atoms with van der Waals surface area (Å²) in [5.74, 6) is 0.683. The van der Waals surface area contributed by atoms with Crippen LogP contribution in [0.4, 0.5) is 0 Å². The average Bonchev–Trinajstić information content (AvgIpc) is 3.21. The highest BCUT2D eigenvalue weighted by molar-refractivity contribution is 6.14. The molecule has 3 heteroatoms. The molecule has 7 aromatic carbocycles. The molecule has 0 fully saturated rings. The first-order chi connectivity index (χ1) is 25.2. The number of hydrogen-bond acceptors (Lipinski definition) is 3. The fraction of sp³-hybridized carbons (Fsp3) is 0.0208. The SMILES string of the molecule is Cc1ccc(-c2cccc(-c3cc(-c4nc(-c5ccccc5)cc(-c5ccccc5)n4)cc(-c4cc5ccccc5c5ccccc45)c3)c2)cn1. The van der Waals surface area contributed by atoms with Gasteiger partial charge in [-0.3, -0.25) is 4.98 Å². The summed E-state index contributed by atoms with van der Waals surface area (Å²) >= 11 is 0. The third kappa shape index (κ3) is 5.96. The summed E-state index contributed by atoms with van der Waals surface area (Å²) in [5.41, 5.74) is 12.5. The van der Waals surface area contributed by atoms with Crippen molar-refractivity contribution in [3.63, 3.8) is 0 Å². The van der Waals surface area contributed by atoms with Crippen molar-refractivity contribution in [1.82, 2.24) is 15.0 Å². The molecule has 9 aromatic rings. The van der Waals surface area contributed by atoms with Crippen LogP contribution < -0.4 is 0 Å². The minimum atomic E-state index is 0.683. The van der Waals surface area contributed by atoms with Gasteiger partial charge in [-0.25, -0.2) is 9.97 Å². The molecule has 0 spiro atoms. The van der Waals surface area contributed by atoms with E-state index in [0.717, 1.165) is 61.6 Å². The Labute approximate surface area is 297 Å². The van der Waals surface area contributed by atoms with Gasteiger partial charge in [0.25, 0.3) is 0 Å². The zero-order valence-corrected chi connectivity index (χ0v) is 28.2. The smallest absolute Gasteiger partial charge is 0.160 e. The van der Waals surface area contributed by atoms with Gasteiger partial charge in [0.1, 0.15) is 0 Å². The molecule has 0 radical (unpaired) electrons. The predicted molar refractivity (Wildman–Crippen MR) is 212 cm³/mol. The number of benzene rings is 7. The van der Waals surface area contributed by atoms with Crippen molar-refractivity contribution in [3.8, 4) is 67.3 Å². The van der Waals surface area contributed by atoms with E-state index < -0.39 is 0 Å². The van der Waals surface area contributed by atoms with E-state index in [4.69, 9.17) is 9.97 Å². The molecule has 240 valence electrons. The fourth-order valence-corrected chi connectivity index (χ4v) is 6.98. The number of hydrogen-bond donors (Lipinski definition) is 0. The molecular weight excluding hydrogens is 619 g/mol. The Morgan fingerprint density at radius 3 is 1.59 bits per heavy atom. The highest BCUT2D eigenvalue weighted by Gasteiger charge is 2.16. The number of nitrogens with zero attached hydrogens (tertiary/aromatic N) is 3. The van der Waals surface area contributed by atoms with Crippen LogP contribution in [-0.2, 0) is 0 Å². The summed E-state index contributed by atoms with van der Waals surface area (Å²) in [5, 5.41) is 4.91. The van der Waals surface area contributed by atoms with Crippen molar-refractivity contribution in [1.29, 1.82) is 0 Å². The van der Waals surface area contributed by atoms with Gasteiger partial charge in [0.15, 0.2) is 5.82 Å². The van der Waals surface area contributed by atoms with E-state index in [1.165, 1.54) is 27.1 Å². The van der Waals surface area contributed by atoms with Crippen molar-refractivity contribution < 1.29 is 0 Å². The lowest BCUT2D eigenvalue weighted by Crippen LogP contribution is -1.97. The van der Waals surface area contributed by atoms with Gasteiger partial charge < -0.3 is 0 Å². The van der Waals surface area contributed by atoms with Crippen molar-refractivity contribution in [3.05, 3.63) is 188 Å². The summed E-state index contributed by atoms with van der Waals surface area (Å²) in [6.45, 7) is 2.02. The average molecular weight is 652 g/mol. The van der Waals surface area contributed by atoms with Crippen LogP contribution in [0.3, 0.4) is 0 Å². The van der Waals surface area contributed by atoms with E-state index in [-0.39, 0.29) is 0 Å². The molecule has 0 bridgehead atoms. The lowest BCUT2D eigenvalue weighted by molar-refractivity contribution is 1.18. The Kier molecular flexibility index (Phi) is 7.71. The van der Waals surface area contributed by atoms with Crippen LogP contribution in [0.5, 0.6) is 0 Å².